The number of halogens is 3. The van der Waals surface area contributed by atoms with Crippen LogP contribution < -0.4 is 10.1 Å². The quantitative estimate of drug-likeness (QED) is 0.526. The Balaban J connectivity index is 2.03. The summed E-state index contributed by atoms with van der Waals surface area (Å²) >= 11 is 0. The number of methoxy groups -OCH3 is 1. The van der Waals surface area contributed by atoms with E-state index in [0.717, 1.165) is 17.7 Å². The average Bonchev–Trinajstić information content (AvgIpc) is 2.77. The monoisotopic (exact) mass is 451 g/mol. The molecule has 0 aliphatic carbocycles. The third kappa shape index (κ3) is 7.00. The van der Waals surface area contributed by atoms with Gasteiger partial charge in [-0.15, -0.1) is 0 Å². The normalized spacial score (nSPS) is 12.2. The van der Waals surface area contributed by atoms with Crippen LogP contribution in [0.15, 0.2) is 42.5 Å². The van der Waals surface area contributed by atoms with Crippen LogP contribution in [-0.2, 0) is 28.5 Å². The van der Waals surface area contributed by atoms with Crippen molar-refractivity contribution < 1.29 is 32.2 Å². The molecule has 2 rings (SSSR count). The molecule has 1 atom stereocenters. The number of ether oxygens (including phenoxy) is 2. The van der Waals surface area contributed by atoms with E-state index >= 15 is 0 Å². The van der Waals surface area contributed by atoms with Crippen molar-refractivity contribution in [1.82, 2.24) is 5.32 Å². The van der Waals surface area contributed by atoms with Gasteiger partial charge in [-0.05, 0) is 61.6 Å². The fourth-order valence-electron chi connectivity index (χ4n) is 3.27. The van der Waals surface area contributed by atoms with Crippen molar-refractivity contribution >= 4 is 11.9 Å². The minimum absolute atomic E-state index is 0.248. The molecular formula is C24H28F3NO4. The van der Waals surface area contributed by atoms with Crippen LogP contribution in [0.1, 0.15) is 47.3 Å². The lowest BCUT2D eigenvalue weighted by atomic mass is 9.95. The van der Waals surface area contributed by atoms with E-state index in [2.05, 4.69) is 5.32 Å². The molecule has 0 fully saturated rings. The number of alkyl halides is 3. The number of benzene rings is 2. The Bertz CT molecular complexity index is 910. The summed E-state index contributed by atoms with van der Waals surface area (Å²) in [6.45, 7) is 4.22. The molecule has 0 bridgehead atoms. The summed E-state index contributed by atoms with van der Waals surface area (Å²) in [6.07, 6.45) is -2.95. The van der Waals surface area contributed by atoms with Crippen molar-refractivity contribution in [3.8, 4) is 5.75 Å². The summed E-state index contributed by atoms with van der Waals surface area (Å²) in [4.78, 5) is 24.8. The number of amides is 1. The first-order valence-electron chi connectivity index (χ1n) is 10.5. The van der Waals surface area contributed by atoms with E-state index < -0.39 is 11.7 Å². The van der Waals surface area contributed by atoms with E-state index in [1.165, 1.54) is 19.2 Å². The summed E-state index contributed by atoms with van der Waals surface area (Å²) in [5.41, 5.74) is 1.11. The van der Waals surface area contributed by atoms with Crippen LogP contribution >= 0.6 is 0 Å². The summed E-state index contributed by atoms with van der Waals surface area (Å²) in [5.74, 6) is -0.544. The molecule has 5 nitrogen and oxygen atoms in total. The van der Waals surface area contributed by atoms with Gasteiger partial charge < -0.3 is 14.8 Å². The standard InChI is InChI=1S/C24H28F3NO4/c1-4-18(23(30)32-5-2)14-17-8-11-21(31-3)20(15-17)22(29)28-13-12-16-6-9-19(10-7-16)24(25,26)27/h6-11,15,18H,4-5,12-14H2,1-3H3,(H,28,29). The van der Waals surface area contributed by atoms with Crippen LogP contribution in [-0.4, -0.2) is 32.1 Å². The van der Waals surface area contributed by atoms with E-state index in [1.807, 2.05) is 6.92 Å². The molecule has 0 aliphatic rings. The van der Waals surface area contributed by atoms with Gasteiger partial charge in [0.05, 0.1) is 30.8 Å². The molecule has 1 amide bonds. The van der Waals surface area contributed by atoms with Crippen LogP contribution in [0.3, 0.4) is 0 Å². The third-order valence-electron chi connectivity index (χ3n) is 5.08. The molecule has 0 heterocycles. The van der Waals surface area contributed by atoms with Crippen molar-refractivity contribution in [1.29, 1.82) is 0 Å². The largest absolute Gasteiger partial charge is 0.496 e. The van der Waals surface area contributed by atoms with E-state index in [-0.39, 0.29) is 24.3 Å². The number of rotatable bonds is 10. The molecule has 2 aromatic rings. The highest BCUT2D eigenvalue weighted by Crippen LogP contribution is 2.29. The van der Waals surface area contributed by atoms with Gasteiger partial charge in [0.1, 0.15) is 5.75 Å². The van der Waals surface area contributed by atoms with E-state index in [0.29, 0.717) is 42.7 Å². The minimum atomic E-state index is -4.38. The van der Waals surface area contributed by atoms with Crippen LogP contribution in [0.25, 0.3) is 0 Å². The molecule has 8 heteroatoms. The maximum absolute atomic E-state index is 12.7. The second kappa shape index (κ2) is 11.5. The van der Waals surface area contributed by atoms with Crippen LogP contribution in [0.2, 0.25) is 0 Å². The minimum Gasteiger partial charge on any atom is -0.496 e. The average molecular weight is 451 g/mol. The summed E-state index contributed by atoms with van der Waals surface area (Å²) in [7, 11) is 1.46. The maximum Gasteiger partial charge on any atom is 0.416 e. The van der Waals surface area contributed by atoms with Crippen molar-refractivity contribution in [2.75, 3.05) is 20.3 Å². The first-order chi connectivity index (χ1) is 15.2. The molecule has 0 spiro atoms. The highest BCUT2D eigenvalue weighted by atomic mass is 19.4. The second-order valence-electron chi connectivity index (χ2n) is 7.30. The van der Waals surface area contributed by atoms with Crippen LogP contribution in [0, 0.1) is 5.92 Å². The SMILES string of the molecule is CCOC(=O)C(CC)Cc1ccc(OC)c(C(=O)NCCc2ccc(C(F)(F)F)cc2)c1. The van der Waals surface area contributed by atoms with E-state index in [4.69, 9.17) is 9.47 Å². The second-order valence-corrected chi connectivity index (χ2v) is 7.30. The van der Waals surface area contributed by atoms with Crippen molar-refractivity contribution in [3.63, 3.8) is 0 Å². The summed E-state index contributed by atoms with van der Waals surface area (Å²) < 4.78 is 48.4. The Morgan fingerprint density at radius 2 is 1.69 bits per heavy atom. The van der Waals surface area contributed by atoms with Crippen LogP contribution in [0.5, 0.6) is 5.75 Å². The van der Waals surface area contributed by atoms with Gasteiger partial charge in [-0.3, -0.25) is 9.59 Å². The summed E-state index contributed by atoms with van der Waals surface area (Å²) in [5, 5.41) is 2.77. The Labute approximate surface area is 185 Å². The topological polar surface area (TPSA) is 64.6 Å². The molecule has 0 aliphatic heterocycles. The number of carbonyl (C=O) groups is 2. The highest BCUT2D eigenvalue weighted by molar-refractivity contribution is 5.97. The molecular weight excluding hydrogens is 423 g/mol. The first-order valence-corrected chi connectivity index (χ1v) is 10.5. The molecule has 0 saturated heterocycles. The fraction of sp³-hybridized carbons (Fsp3) is 0.417. The molecule has 1 unspecified atom stereocenters. The lowest BCUT2D eigenvalue weighted by molar-refractivity contribution is -0.148. The van der Waals surface area contributed by atoms with Gasteiger partial charge in [0.15, 0.2) is 0 Å². The van der Waals surface area contributed by atoms with Gasteiger partial charge in [-0.25, -0.2) is 0 Å². The zero-order chi connectivity index (χ0) is 23.7. The lowest BCUT2D eigenvalue weighted by Crippen LogP contribution is -2.26. The number of carbonyl (C=O) groups excluding carboxylic acids is 2. The Kier molecular flexibility index (Phi) is 9.11. The zero-order valence-corrected chi connectivity index (χ0v) is 18.4. The van der Waals surface area contributed by atoms with Crippen molar-refractivity contribution in [2.45, 2.75) is 39.3 Å². The molecule has 2 aromatic carbocycles. The van der Waals surface area contributed by atoms with E-state index in [1.54, 1.807) is 25.1 Å². The van der Waals surface area contributed by atoms with E-state index in [9.17, 15) is 22.8 Å². The molecule has 0 radical (unpaired) electrons. The van der Waals surface area contributed by atoms with Gasteiger partial charge >= 0.3 is 12.1 Å². The Morgan fingerprint density at radius 1 is 1.03 bits per heavy atom. The number of esters is 1. The van der Waals surface area contributed by atoms with Gasteiger partial charge in [0.25, 0.3) is 5.91 Å². The molecule has 32 heavy (non-hydrogen) atoms. The lowest BCUT2D eigenvalue weighted by Gasteiger charge is -2.15. The van der Waals surface area contributed by atoms with Crippen LogP contribution in [0.4, 0.5) is 13.2 Å². The van der Waals surface area contributed by atoms with Gasteiger partial charge in [0, 0.05) is 6.54 Å². The number of hydrogen-bond donors (Lipinski definition) is 1. The smallest absolute Gasteiger partial charge is 0.416 e. The van der Waals surface area contributed by atoms with Crippen molar-refractivity contribution in [3.05, 3.63) is 64.7 Å². The number of nitrogens with one attached hydrogen (secondary N) is 1. The molecule has 0 saturated carbocycles. The Morgan fingerprint density at radius 3 is 2.25 bits per heavy atom. The first kappa shape index (κ1) is 25.2. The van der Waals surface area contributed by atoms with Gasteiger partial charge in [-0.1, -0.05) is 25.1 Å². The number of hydrogen-bond acceptors (Lipinski definition) is 4. The maximum atomic E-state index is 12.7. The molecule has 1 N–H and O–H groups in total. The molecule has 174 valence electrons. The van der Waals surface area contributed by atoms with Gasteiger partial charge in [0.2, 0.25) is 0 Å². The van der Waals surface area contributed by atoms with Crippen molar-refractivity contribution in [2.24, 2.45) is 5.92 Å². The van der Waals surface area contributed by atoms with Gasteiger partial charge in [-0.2, -0.15) is 13.2 Å². The highest BCUT2D eigenvalue weighted by Gasteiger charge is 2.29. The Hall–Kier alpha value is -3.03. The molecule has 0 aromatic heterocycles. The third-order valence-corrected chi connectivity index (χ3v) is 5.08. The predicted molar refractivity (Wildman–Crippen MR) is 115 cm³/mol. The fourth-order valence-corrected chi connectivity index (χ4v) is 3.27. The summed E-state index contributed by atoms with van der Waals surface area (Å²) in [6, 6.07) is 10.0. The predicted octanol–water partition coefficient (Wildman–Crippen LogP) is 4.82. The zero-order valence-electron chi connectivity index (χ0n) is 18.4.